The fourth-order valence-electron chi connectivity index (χ4n) is 2.40. The Morgan fingerprint density at radius 3 is 2.60 bits per heavy atom. The van der Waals surface area contributed by atoms with Crippen LogP contribution in [0.2, 0.25) is 0 Å². The zero-order valence-electron chi connectivity index (χ0n) is 13.3. The molecule has 1 atom stereocenters. The third-order valence-electron chi connectivity index (χ3n) is 3.50. The molecule has 0 bridgehead atoms. The molecule has 1 rings (SSSR count). The molecule has 0 fully saturated rings. The van der Waals surface area contributed by atoms with Gasteiger partial charge >= 0.3 is 0 Å². The van der Waals surface area contributed by atoms with Gasteiger partial charge in [-0.15, -0.1) is 0 Å². The van der Waals surface area contributed by atoms with Gasteiger partial charge in [0.2, 0.25) is 0 Å². The molecule has 0 amide bonds. The molecule has 0 spiro atoms. The van der Waals surface area contributed by atoms with Crippen molar-refractivity contribution in [1.29, 1.82) is 0 Å². The van der Waals surface area contributed by atoms with Crippen molar-refractivity contribution in [2.75, 3.05) is 20.1 Å². The molecule has 114 valence electrons. The zero-order valence-corrected chi connectivity index (χ0v) is 14.9. The predicted molar refractivity (Wildman–Crippen MR) is 92.0 cm³/mol. The molecular formula is C17H29BrN2. The average molecular weight is 341 g/mol. The van der Waals surface area contributed by atoms with Gasteiger partial charge in [-0.2, -0.15) is 0 Å². The Morgan fingerprint density at radius 2 is 2.00 bits per heavy atom. The van der Waals surface area contributed by atoms with Gasteiger partial charge in [0.1, 0.15) is 0 Å². The maximum absolute atomic E-state index is 3.60. The first-order chi connectivity index (χ1) is 9.52. The first-order valence-electron chi connectivity index (χ1n) is 7.68. The van der Waals surface area contributed by atoms with E-state index in [1.54, 1.807) is 0 Å². The predicted octanol–water partition coefficient (Wildman–Crippen LogP) is 4.30. The van der Waals surface area contributed by atoms with Gasteiger partial charge in [-0.3, -0.25) is 4.90 Å². The standard InChI is InChI=1S/C17H29BrN2/c1-5-7-17(12-19-11-14(2)3)20(4)13-15-8-6-9-16(18)10-15/h6,8-10,14,17,19H,5,7,11-13H2,1-4H3. The van der Waals surface area contributed by atoms with Crippen LogP contribution < -0.4 is 5.32 Å². The first kappa shape index (κ1) is 17.7. The van der Waals surface area contributed by atoms with Crippen LogP contribution in [0.15, 0.2) is 28.7 Å². The van der Waals surface area contributed by atoms with Crippen molar-refractivity contribution in [1.82, 2.24) is 10.2 Å². The number of hydrogen-bond donors (Lipinski definition) is 1. The summed E-state index contributed by atoms with van der Waals surface area (Å²) in [6.07, 6.45) is 2.48. The lowest BCUT2D eigenvalue weighted by atomic mass is 10.1. The van der Waals surface area contributed by atoms with Crippen molar-refractivity contribution in [3.05, 3.63) is 34.3 Å². The van der Waals surface area contributed by atoms with Crippen molar-refractivity contribution in [3.63, 3.8) is 0 Å². The van der Waals surface area contributed by atoms with E-state index in [1.807, 2.05) is 0 Å². The molecule has 0 saturated heterocycles. The molecule has 0 radical (unpaired) electrons. The van der Waals surface area contributed by atoms with E-state index in [0.717, 1.165) is 24.1 Å². The smallest absolute Gasteiger partial charge is 0.0234 e. The van der Waals surface area contributed by atoms with Gasteiger partial charge in [0, 0.05) is 23.6 Å². The van der Waals surface area contributed by atoms with Gasteiger partial charge in [0.15, 0.2) is 0 Å². The number of hydrogen-bond acceptors (Lipinski definition) is 2. The van der Waals surface area contributed by atoms with Crippen LogP contribution in [0, 0.1) is 5.92 Å². The quantitative estimate of drug-likeness (QED) is 0.721. The minimum absolute atomic E-state index is 0.609. The number of rotatable bonds is 9. The SMILES string of the molecule is CCCC(CNCC(C)C)N(C)Cc1cccc(Br)c1. The van der Waals surface area contributed by atoms with Crippen LogP contribution in [-0.2, 0) is 6.54 Å². The molecule has 1 unspecified atom stereocenters. The molecule has 1 aromatic carbocycles. The average Bonchev–Trinajstić information content (AvgIpc) is 2.37. The van der Waals surface area contributed by atoms with Gasteiger partial charge in [0.05, 0.1) is 0 Å². The largest absolute Gasteiger partial charge is 0.315 e. The summed E-state index contributed by atoms with van der Waals surface area (Å²) in [7, 11) is 2.23. The molecule has 0 saturated carbocycles. The monoisotopic (exact) mass is 340 g/mol. The van der Waals surface area contributed by atoms with Crippen LogP contribution in [0.25, 0.3) is 0 Å². The van der Waals surface area contributed by atoms with Crippen LogP contribution in [0.3, 0.4) is 0 Å². The molecule has 20 heavy (non-hydrogen) atoms. The highest BCUT2D eigenvalue weighted by Gasteiger charge is 2.14. The minimum atomic E-state index is 0.609. The lowest BCUT2D eigenvalue weighted by Crippen LogP contribution is -2.40. The van der Waals surface area contributed by atoms with Crippen molar-refractivity contribution >= 4 is 15.9 Å². The number of halogens is 1. The second kappa shape index (κ2) is 9.54. The Labute approximate surface area is 133 Å². The molecule has 0 aliphatic carbocycles. The fraction of sp³-hybridized carbons (Fsp3) is 0.647. The summed E-state index contributed by atoms with van der Waals surface area (Å²) in [5.74, 6) is 0.715. The van der Waals surface area contributed by atoms with E-state index >= 15 is 0 Å². The molecule has 0 heterocycles. The van der Waals surface area contributed by atoms with Gasteiger partial charge < -0.3 is 5.32 Å². The van der Waals surface area contributed by atoms with Gasteiger partial charge in [-0.25, -0.2) is 0 Å². The van der Waals surface area contributed by atoms with Gasteiger partial charge in [0.25, 0.3) is 0 Å². The molecule has 1 N–H and O–H groups in total. The number of likely N-dealkylation sites (N-methyl/N-ethyl adjacent to an activating group) is 1. The van der Waals surface area contributed by atoms with E-state index in [9.17, 15) is 0 Å². The summed E-state index contributed by atoms with van der Waals surface area (Å²) in [6.45, 7) is 9.97. The summed E-state index contributed by atoms with van der Waals surface area (Å²) >= 11 is 3.55. The maximum Gasteiger partial charge on any atom is 0.0234 e. The number of nitrogens with zero attached hydrogens (tertiary/aromatic N) is 1. The van der Waals surface area contributed by atoms with Crippen LogP contribution in [0.4, 0.5) is 0 Å². The highest BCUT2D eigenvalue weighted by atomic mass is 79.9. The Balaban J connectivity index is 2.52. The number of benzene rings is 1. The highest BCUT2D eigenvalue weighted by molar-refractivity contribution is 9.10. The second-order valence-electron chi connectivity index (χ2n) is 6.04. The summed E-state index contributed by atoms with van der Waals surface area (Å²) in [5.41, 5.74) is 1.37. The summed E-state index contributed by atoms with van der Waals surface area (Å²) in [4.78, 5) is 2.47. The van der Waals surface area contributed by atoms with Crippen LogP contribution >= 0.6 is 15.9 Å². The molecule has 0 aromatic heterocycles. The fourth-order valence-corrected chi connectivity index (χ4v) is 2.85. The molecular weight excluding hydrogens is 312 g/mol. The van der Waals surface area contributed by atoms with Crippen molar-refractivity contribution < 1.29 is 0 Å². The highest BCUT2D eigenvalue weighted by Crippen LogP contribution is 2.15. The Morgan fingerprint density at radius 1 is 1.25 bits per heavy atom. The Bertz CT molecular complexity index is 379. The summed E-state index contributed by atoms with van der Waals surface area (Å²) < 4.78 is 1.16. The molecule has 2 nitrogen and oxygen atoms in total. The topological polar surface area (TPSA) is 15.3 Å². The van der Waals surface area contributed by atoms with E-state index in [-0.39, 0.29) is 0 Å². The molecule has 1 aromatic rings. The minimum Gasteiger partial charge on any atom is -0.315 e. The summed E-state index contributed by atoms with van der Waals surface area (Å²) in [5, 5.41) is 3.60. The van der Waals surface area contributed by atoms with Crippen molar-refractivity contribution in [2.45, 2.75) is 46.2 Å². The van der Waals surface area contributed by atoms with E-state index in [4.69, 9.17) is 0 Å². The lowest BCUT2D eigenvalue weighted by molar-refractivity contribution is 0.213. The lowest BCUT2D eigenvalue weighted by Gasteiger charge is -2.28. The van der Waals surface area contributed by atoms with Crippen LogP contribution in [0.5, 0.6) is 0 Å². The zero-order chi connectivity index (χ0) is 15.0. The normalized spacial score (nSPS) is 13.2. The third kappa shape index (κ3) is 6.87. The first-order valence-corrected chi connectivity index (χ1v) is 8.47. The van der Waals surface area contributed by atoms with Crippen molar-refractivity contribution in [3.8, 4) is 0 Å². The van der Waals surface area contributed by atoms with E-state index < -0.39 is 0 Å². The van der Waals surface area contributed by atoms with E-state index in [2.05, 4.69) is 78.2 Å². The van der Waals surface area contributed by atoms with Crippen LogP contribution in [0.1, 0.15) is 39.2 Å². The van der Waals surface area contributed by atoms with E-state index in [0.29, 0.717) is 12.0 Å². The third-order valence-corrected chi connectivity index (χ3v) is 3.99. The van der Waals surface area contributed by atoms with E-state index in [1.165, 1.54) is 18.4 Å². The second-order valence-corrected chi connectivity index (χ2v) is 6.96. The maximum atomic E-state index is 3.60. The number of nitrogens with one attached hydrogen (secondary N) is 1. The van der Waals surface area contributed by atoms with Gasteiger partial charge in [-0.1, -0.05) is 55.3 Å². The van der Waals surface area contributed by atoms with Gasteiger partial charge in [-0.05, 0) is 43.6 Å². The van der Waals surface area contributed by atoms with Crippen molar-refractivity contribution in [2.24, 2.45) is 5.92 Å². The summed E-state index contributed by atoms with van der Waals surface area (Å²) in [6, 6.07) is 9.21. The molecule has 0 aliphatic rings. The van der Waals surface area contributed by atoms with Crippen LogP contribution in [-0.4, -0.2) is 31.1 Å². The molecule has 3 heteroatoms. The Hall–Kier alpha value is -0.380. The molecule has 0 aliphatic heterocycles. The Kier molecular flexibility index (Phi) is 8.43.